The first-order valence-corrected chi connectivity index (χ1v) is 11.3. The van der Waals surface area contributed by atoms with Crippen LogP contribution in [0.4, 0.5) is 5.69 Å². The summed E-state index contributed by atoms with van der Waals surface area (Å²) in [5.74, 6) is -0.114. The number of anilines is 1. The molecule has 0 amide bonds. The third-order valence-corrected chi connectivity index (χ3v) is 6.37. The lowest BCUT2D eigenvalue weighted by Crippen LogP contribution is -2.15. The van der Waals surface area contributed by atoms with Crippen molar-refractivity contribution in [2.45, 2.75) is 11.8 Å². The van der Waals surface area contributed by atoms with Gasteiger partial charge in [0, 0.05) is 16.6 Å². The molecule has 0 saturated carbocycles. The molecule has 7 nitrogen and oxygen atoms in total. The Morgan fingerprint density at radius 2 is 1.66 bits per heavy atom. The first-order valence-electron chi connectivity index (χ1n) is 9.81. The molecule has 32 heavy (non-hydrogen) atoms. The van der Waals surface area contributed by atoms with Crippen molar-refractivity contribution in [3.8, 4) is 5.75 Å². The Morgan fingerprint density at radius 1 is 0.938 bits per heavy atom. The van der Waals surface area contributed by atoms with Gasteiger partial charge in [-0.2, -0.15) is 8.42 Å². The van der Waals surface area contributed by atoms with E-state index in [0.717, 1.165) is 0 Å². The summed E-state index contributed by atoms with van der Waals surface area (Å²) < 4.78 is 34.2. The SMILES string of the molecule is Cc1cc(C(=O)Oc2ccccc2NC2=NS(=O)(=O)c3ccccc32)c2ccccc2n1. The molecule has 8 heteroatoms. The van der Waals surface area contributed by atoms with E-state index >= 15 is 0 Å². The molecule has 0 spiro atoms. The molecule has 4 aromatic rings. The first kappa shape index (κ1) is 19.9. The van der Waals surface area contributed by atoms with E-state index in [9.17, 15) is 13.2 Å². The quantitative estimate of drug-likeness (QED) is 0.374. The van der Waals surface area contributed by atoms with E-state index in [1.807, 2.05) is 31.2 Å². The van der Waals surface area contributed by atoms with Gasteiger partial charge in [0.1, 0.15) is 4.90 Å². The highest BCUT2D eigenvalue weighted by Gasteiger charge is 2.29. The van der Waals surface area contributed by atoms with Crippen LogP contribution >= 0.6 is 0 Å². The van der Waals surface area contributed by atoms with Gasteiger partial charge in [-0.3, -0.25) is 4.98 Å². The number of aromatic nitrogens is 1. The lowest BCUT2D eigenvalue weighted by Gasteiger charge is -2.13. The van der Waals surface area contributed by atoms with Crippen LogP contribution < -0.4 is 10.1 Å². The van der Waals surface area contributed by atoms with E-state index < -0.39 is 16.0 Å². The maximum Gasteiger partial charge on any atom is 0.344 e. The molecule has 5 rings (SSSR count). The zero-order valence-corrected chi connectivity index (χ0v) is 17.8. The minimum Gasteiger partial charge on any atom is -0.421 e. The van der Waals surface area contributed by atoms with E-state index in [0.29, 0.717) is 33.4 Å². The molecule has 3 aromatic carbocycles. The normalized spacial score (nSPS) is 14.0. The molecule has 0 saturated heterocycles. The van der Waals surface area contributed by atoms with Crippen molar-refractivity contribution >= 4 is 38.4 Å². The molecule has 0 bridgehead atoms. The topological polar surface area (TPSA) is 97.7 Å². The number of pyridine rings is 1. The number of carbonyl (C=O) groups is 1. The number of nitrogens with zero attached hydrogens (tertiary/aromatic N) is 2. The van der Waals surface area contributed by atoms with Crippen LogP contribution in [0, 0.1) is 6.92 Å². The van der Waals surface area contributed by atoms with Crippen molar-refractivity contribution < 1.29 is 17.9 Å². The fourth-order valence-electron chi connectivity index (χ4n) is 3.61. The number of sulfonamides is 1. The van der Waals surface area contributed by atoms with Crippen molar-refractivity contribution in [1.29, 1.82) is 0 Å². The van der Waals surface area contributed by atoms with Crippen LogP contribution in [0.1, 0.15) is 21.6 Å². The van der Waals surface area contributed by atoms with Gasteiger partial charge in [0.05, 0.1) is 16.8 Å². The zero-order valence-electron chi connectivity index (χ0n) is 16.9. The van der Waals surface area contributed by atoms with Gasteiger partial charge in [-0.25, -0.2) is 4.79 Å². The predicted octanol–water partition coefficient (Wildman–Crippen LogP) is 4.32. The molecule has 0 fully saturated rings. The van der Waals surface area contributed by atoms with Crippen LogP contribution in [-0.2, 0) is 10.0 Å². The van der Waals surface area contributed by atoms with Gasteiger partial charge < -0.3 is 10.1 Å². The third-order valence-electron chi connectivity index (χ3n) is 5.04. The number of para-hydroxylation sites is 3. The van der Waals surface area contributed by atoms with Crippen molar-refractivity contribution in [2.75, 3.05) is 5.32 Å². The fourth-order valence-corrected chi connectivity index (χ4v) is 4.79. The Balaban J connectivity index is 1.49. The molecule has 2 heterocycles. The van der Waals surface area contributed by atoms with E-state index in [1.165, 1.54) is 6.07 Å². The molecular weight excluding hydrogens is 426 g/mol. The number of benzene rings is 3. The van der Waals surface area contributed by atoms with Gasteiger partial charge in [0.25, 0.3) is 10.0 Å². The smallest absolute Gasteiger partial charge is 0.344 e. The summed E-state index contributed by atoms with van der Waals surface area (Å²) in [6, 6.07) is 22.4. The van der Waals surface area contributed by atoms with Gasteiger partial charge in [-0.05, 0) is 43.3 Å². The maximum absolute atomic E-state index is 13.1. The molecule has 158 valence electrons. The highest BCUT2D eigenvalue weighted by molar-refractivity contribution is 7.90. The highest BCUT2D eigenvalue weighted by Crippen LogP contribution is 2.31. The van der Waals surface area contributed by atoms with Crippen LogP contribution in [0.15, 0.2) is 88.2 Å². The number of fused-ring (bicyclic) bond motifs is 2. The number of carbonyl (C=O) groups excluding carboxylic acids is 1. The first-order chi connectivity index (χ1) is 15.4. The number of ether oxygens (including phenoxy) is 1. The van der Waals surface area contributed by atoms with Crippen molar-refractivity contribution in [3.05, 3.63) is 95.7 Å². The molecule has 0 unspecified atom stereocenters. The van der Waals surface area contributed by atoms with Gasteiger partial charge in [0.2, 0.25) is 0 Å². The fraction of sp³-hybridized carbons (Fsp3) is 0.0417. The van der Waals surface area contributed by atoms with Gasteiger partial charge in [0.15, 0.2) is 11.6 Å². The van der Waals surface area contributed by atoms with E-state index in [1.54, 1.807) is 48.5 Å². The second kappa shape index (κ2) is 7.58. The van der Waals surface area contributed by atoms with Crippen molar-refractivity contribution in [1.82, 2.24) is 4.98 Å². The van der Waals surface area contributed by atoms with Crippen molar-refractivity contribution in [2.24, 2.45) is 4.40 Å². The van der Waals surface area contributed by atoms with E-state index in [4.69, 9.17) is 4.74 Å². The molecule has 1 aliphatic heterocycles. The van der Waals surface area contributed by atoms with Gasteiger partial charge in [-0.15, -0.1) is 4.40 Å². The number of esters is 1. The van der Waals surface area contributed by atoms with E-state index in [-0.39, 0.29) is 16.5 Å². The standard InChI is InChI=1S/C24H17N3O4S/c1-15-14-18(16-8-2-4-10-19(16)25-15)24(28)31-21-12-6-5-11-20(21)26-23-17-9-3-7-13-22(17)32(29,30)27-23/h2-14H,1H3,(H,26,27). The number of hydrogen-bond donors (Lipinski definition) is 1. The summed E-state index contributed by atoms with van der Waals surface area (Å²) in [6.45, 7) is 1.81. The second-order valence-corrected chi connectivity index (χ2v) is 8.82. The lowest BCUT2D eigenvalue weighted by molar-refractivity contribution is 0.0737. The van der Waals surface area contributed by atoms with Crippen LogP contribution in [0.2, 0.25) is 0 Å². The molecule has 0 atom stereocenters. The maximum atomic E-state index is 13.1. The summed E-state index contributed by atoms with van der Waals surface area (Å²) in [4.78, 5) is 17.7. The monoisotopic (exact) mass is 443 g/mol. The summed E-state index contributed by atoms with van der Waals surface area (Å²) in [7, 11) is -3.77. The summed E-state index contributed by atoms with van der Waals surface area (Å²) in [5.41, 5.74) is 2.68. The predicted molar refractivity (Wildman–Crippen MR) is 122 cm³/mol. The minimum absolute atomic E-state index is 0.135. The molecular formula is C24H17N3O4S. The van der Waals surface area contributed by atoms with Gasteiger partial charge >= 0.3 is 5.97 Å². The van der Waals surface area contributed by atoms with Crippen molar-refractivity contribution in [3.63, 3.8) is 0 Å². The lowest BCUT2D eigenvalue weighted by atomic mass is 10.1. The third kappa shape index (κ3) is 3.50. The summed E-state index contributed by atoms with van der Waals surface area (Å²) in [6.07, 6.45) is 0. The molecule has 0 radical (unpaired) electrons. The van der Waals surface area contributed by atoms with Crippen LogP contribution in [0.3, 0.4) is 0 Å². The zero-order chi connectivity index (χ0) is 22.3. The number of hydrogen-bond acceptors (Lipinski definition) is 6. The Morgan fingerprint density at radius 3 is 2.53 bits per heavy atom. The van der Waals surface area contributed by atoms with E-state index in [2.05, 4.69) is 14.7 Å². The molecule has 1 aliphatic rings. The van der Waals surface area contributed by atoms with Gasteiger partial charge in [-0.1, -0.05) is 42.5 Å². The Hall–Kier alpha value is -4.04. The number of nitrogens with one attached hydrogen (secondary N) is 1. The van der Waals surface area contributed by atoms with Crippen LogP contribution in [0.25, 0.3) is 10.9 Å². The average molecular weight is 443 g/mol. The molecule has 0 aliphatic carbocycles. The van der Waals surface area contributed by atoms with Crippen LogP contribution in [-0.4, -0.2) is 25.2 Å². The average Bonchev–Trinajstić information content (AvgIpc) is 3.04. The summed E-state index contributed by atoms with van der Waals surface area (Å²) in [5, 5.41) is 3.70. The Labute approximate surface area is 184 Å². The highest BCUT2D eigenvalue weighted by atomic mass is 32.2. The van der Waals surface area contributed by atoms with Crippen LogP contribution in [0.5, 0.6) is 5.75 Å². The summed E-state index contributed by atoms with van der Waals surface area (Å²) >= 11 is 0. The number of amidine groups is 1. The molecule has 1 aromatic heterocycles. The Kier molecular flexibility index (Phi) is 4.71. The number of rotatable bonds is 3. The molecule has 1 N–H and O–H groups in total. The number of aryl methyl sites for hydroxylation is 1. The minimum atomic E-state index is -3.77. The Bertz CT molecular complexity index is 1530. The second-order valence-electron chi connectivity index (χ2n) is 7.25. The largest absolute Gasteiger partial charge is 0.421 e.